The Balaban J connectivity index is 1.74. The number of hydrazone groups is 1. The standard InChI is InChI=1S/C17H16N4O3S/c1-10-11(2)25-16-15(10)17(24)21(9-18-16)8-14(23)20-19-7-12-5-3-4-6-13(12)22/h3-7,9,22H,8H2,1-2H3,(H,20,23)/b19-7+. The van der Waals surface area contributed by atoms with Crippen molar-refractivity contribution in [3.05, 3.63) is 57.0 Å². The molecule has 3 aromatic rings. The molecule has 0 saturated heterocycles. The molecule has 1 aromatic carbocycles. The zero-order valence-electron chi connectivity index (χ0n) is 13.7. The molecule has 0 aliphatic heterocycles. The van der Waals surface area contributed by atoms with Crippen LogP contribution in [0.15, 0.2) is 40.5 Å². The largest absolute Gasteiger partial charge is 0.507 e. The molecule has 2 aromatic heterocycles. The van der Waals surface area contributed by atoms with Crippen molar-refractivity contribution in [1.82, 2.24) is 15.0 Å². The highest BCUT2D eigenvalue weighted by atomic mass is 32.1. The number of fused-ring (bicyclic) bond motifs is 1. The Morgan fingerprint density at radius 1 is 1.40 bits per heavy atom. The number of aromatic hydroxyl groups is 1. The van der Waals surface area contributed by atoms with Gasteiger partial charge in [-0.05, 0) is 31.5 Å². The van der Waals surface area contributed by atoms with E-state index in [1.54, 1.807) is 18.2 Å². The Bertz CT molecular complexity index is 1040. The van der Waals surface area contributed by atoms with E-state index in [-0.39, 0.29) is 17.9 Å². The third-order valence-corrected chi connectivity index (χ3v) is 4.91. The molecule has 8 heteroatoms. The second kappa shape index (κ2) is 6.86. The fourth-order valence-corrected chi connectivity index (χ4v) is 3.33. The van der Waals surface area contributed by atoms with Crippen LogP contribution in [0.4, 0.5) is 0 Å². The second-order valence-corrected chi connectivity index (χ2v) is 6.70. The number of benzene rings is 1. The van der Waals surface area contributed by atoms with Gasteiger partial charge in [-0.15, -0.1) is 11.3 Å². The number of aromatic nitrogens is 2. The molecule has 2 heterocycles. The van der Waals surface area contributed by atoms with Crippen LogP contribution in [0.2, 0.25) is 0 Å². The minimum atomic E-state index is -0.459. The third-order valence-electron chi connectivity index (χ3n) is 3.80. The van der Waals surface area contributed by atoms with Crippen molar-refractivity contribution >= 4 is 33.7 Å². The Hall–Kier alpha value is -3.00. The average molecular weight is 356 g/mol. The number of thiophene rings is 1. The molecule has 25 heavy (non-hydrogen) atoms. The van der Waals surface area contributed by atoms with Crippen LogP contribution < -0.4 is 11.0 Å². The minimum absolute atomic E-state index is 0.0645. The monoisotopic (exact) mass is 356 g/mol. The molecule has 2 N–H and O–H groups in total. The first kappa shape index (κ1) is 16.8. The molecule has 0 radical (unpaired) electrons. The van der Waals surface area contributed by atoms with Gasteiger partial charge in [0.05, 0.1) is 17.9 Å². The first-order chi connectivity index (χ1) is 12.0. The lowest BCUT2D eigenvalue weighted by atomic mass is 10.2. The zero-order chi connectivity index (χ0) is 18.0. The summed E-state index contributed by atoms with van der Waals surface area (Å²) in [4.78, 5) is 30.5. The number of aryl methyl sites for hydroxylation is 2. The normalized spacial score (nSPS) is 11.3. The molecular weight excluding hydrogens is 340 g/mol. The average Bonchev–Trinajstić information content (AvgIpc) is 2.87. The van der Waals surface area contributed by atoms with Gasteiger partial charge >= 0.3 is 0 Å². The lowest BCUT2D eigenvalue weighted by Crippen LogP contribution is -2.30. The summed E-state index contributed by atoms with van der Waals surface area (Å²) >= 11 is 1.46. The number of carbonyl (C=O) groups excluding carboxylic acids is 1. The molecule has 0 spiro atoms. The van der Waals surface area contributed by atoms with Crippen molar-refractivity contribution in [1.29, 1.82) is 0 Å². The van der Waals surface area contributed by atoms with Gasteiger partial charge in [0.1, 0.15) is 17.1 Å². The van der Waals surface area contributed by atoms with Gasteiger partial charge in [0.2, 0.25) is 0 Å². The number of hydrogen-bond acceptors (Lipinski definition) is 6. The zero-order valence-corrected chi connectivity index (χ0v) is 14.5. The maximum Gasteiger partial charge on any atom is 0.262 e. The molecule has 0 bridgehead atoms. The van der Waals surface area contributed by atoms with Crippen LogP contribution in [0.25, 0.3) is 10.2 Å². The Kier molecular flexibility index (Phi) is 4.62. The smallest absolute Gasteiger partial charge is 0.262 e. The van der Waals surface area contributed by atoms with Crippen LogP contribution in [-0.4, -0.2) is 26.8 Å². The lowest BCUT2D eigenvalue weighted by molar-refractivity contribution is -0.121. The quantitative estimate of drug-likeness (QED) is 0.551. The number of nitrogens with zero attached hydrogens (tertiary/aromatic N) is 3. The number of phenols is 1. The van der Waals surface area contributed by atoms with E-state index in [4.69, 9.17) is 0 Å². The SMILES string of the molecule is Cc1sc2ncn(CC(=O)N/N=C/c3ccccc3O)c(=O)c2c1C. The number of rotatable bonds is 4. The highest BCUT2D eigenvalue weighted by Crippen LogP contribution is 2.25. The number of para-hydroxylation sites is 1. The molecule has 0 fully saturated rings. The first-order valence-electron chi connectivity index (χ1n) is 7.52. The van der Waals surface area contributed by atoms with Crippen molar-refractivity contribution in [2.75, 3.05) is 0 Å². The highest BCUT2D eigenvalue weighted by Gasteiger charge is 2.13. The van der Waals surface area contributed by atoms with Gasteiger partial charge in [-0.2, -0.15) is 5.10 Å². The summed E-state index contributed by atoms with van der Waals surface area (Å²) < 4.78 is 1.26. The van der Waals surface area contributed by atoms with Gasteiger partial charge < -0.3 is 5.11 Å². The molecule has 0 aliphatic rings. The van der Waals surface area contributed by atoms with Crippen LogP contribution in [0, 0.1) is 13.8 Å². The van der Waals surface area contributed by atoms with E-state index in [0.717, 1.165) is 10.4 Å². The predicted molar refractivity (Wildman–Crippen MR) is 97.2 cm³/mol. The van der Waals surface area contributed by atoms with Crippen LogP contribution in [-0.2, 0) is 11.3 Å². The van der Waals surface area contributed by atoms with Crippen molar-refractivity contribution in [2.45, 2.75) is 20.4 Å². The number of phenolic OH excluding ortho intramolecular Hbond substituents is 1. The summed E-state index contributed by atoms with van der Waals surface area (Å²) in [7, 11) is 0. The summed E-state index contributed by atoms with van der Waals surface area (Å²) in [5.41, 5.74) is 3.47. The maximum atomic E-state index is 12.5. The molecule has 1 amide bonds. The molecule has 0 saturated carbocycles. The third kappa shape index (κ3) is 3.43. The lowest BCUT2D eigenvalue weighted by Gasteiger charge is -2.04. The van der Waals surface area contributed by atoms with Crippen LogP contribution in [0.5, 0.6) is 5.75 Å². The Labute approximate surface area is 147 Å². The van der Waals surface area contributed by atoms with Crippen LogP contribution in [0.3, 0.4) is 0 Å². The van der Waals surface area contributed by atoms with Gasteiger partial charge in [0.25, 0.3) is 11.5 Å². The number of carbonyl (C=O) groups is 1. The van der Waals surface area contributed by atoms with E-state index in [0.29, 0.717) is 15.8 Å². The molecular formula is C17H16N4O3S. The molecule has 0 unspecified atom stereocenters. The fraction of sp³-hybridized carbons (Fsp3) is 0.176. The Morgan fingerprint density at radius 2 is 2.16 bits per heavy atom. The second-order valence-electron chi connectivity index (χ2n) is 5.49. The van der Waals surface area contributed by atoms with E-state index >= 15 is 0 Å². The van der Waals surface area contributed by atoms with Gasteiger partial charge in [0.15, 0.2) is 0 Å². The van der Waals surface area contributed by atoms with Crippen LogP contribution in [0.1, 0.15) is 16.0 Å². The molecule has 3 rings (SSSR count). The van der Waals surface area contributed by atoms with E-state index < -0.39 is 5.91 Å². The first-order valence-corrected chi connectivity index (χ1v) is 8.34. The van der Waals surface area contributed by atoms with Crippen LogP contribution >= 0.6 is 11.3 Å². The summed E-state index contributed by atoms with van der Waals surface area (Å²) in [5.74, 6) is -0.394. The maximum absolute atomic E-state index is 12.5. The number of amides is 1. The molecule has 128 valence electrons. The van der Waals surface area contributed by atoms with E-state index in [1.807, 2.05) is 13.8 Å². The van der Waals surface area contributed by atoms with Gasteiger partial charge in [-0.1, -0.05) is 12.1 Å². The highest BCUT2D eigenvalue weighted by molar-refractivity contribution is 7.18. The minimum Gasteiger partial charge on any atom is -0.507 e. The van der Waals surface area contributed by atoms with E-state index in [9.17, 15) is 14.7 Å². The Morgan fingerprint density at radius 3 is 2.92 bits per heavy atom. The van der Waals surface area contributed by atoms with E-state index in [2.05, 4.69) is 15.5 Å². The summed E-state index contributed by atoms with van der Waals surface area (Å²) in [6.07, 6.45) is 2.70. The summed E-state index contributed by atoms with van der Waals surface area (Å²) in [6.45, 7) is 3.62. The molecule has 7 nitrogen and oxygen atoms in total. The van der Waals surface area contributed by atoms with Gasteiger partial charge in [0, 0.05) is 10.4 Å². The van der Waals surface area contributed by atoms with Crippen molar-refractivity contribution < 1.29 is 9.90 Å². The van der Waals surface area contributed by atoms with E-state index in [1.165, 1.54) is 34.5 Å². The van der Waals surface area contributed by atoms with Crippen molar-refractivity contribution in [3.8, 4) is 5.75 Å². The summed E-state index contributed by atoms with van der Waals surface area (Å²) in [6, 6.07) is 6.62. The fourth-order valence-electron chi connectivity index (χ4n) is 2.34. The summed E-state index contributed by atoms with van der Waals surface area (Å²) in [5, 5.41) is 14.0. The molecule has 0 aliphatic carbocycles. The topological polar surface area (TPSA) is 96.6 Å². The van der Waals surface area contributed by atoms with Gasteiger partial charge in [-0.3, -0.25) is 14.2 Å². The molecule has 0 atom stereocenters. The predicted octanol–water partition coefficient (Wildman–Crippen LogP) is 1.93. The van der Waals surface area contributed by atoms with Gasteiger partial charge in [-0.25, -0.2) is 10.4 Å². The number of nitrogens with one attached hydrogen (secondary N) is 1. The van der Waals surface area contributed by atoms with Crippen molar-refractivity contribution in [2.24, 2.45) is 5.10 Å². The van der Waals surface area contributed by atoms with Crippen molar-refractivity contribution in [3.63, 3.8) is 0 Å². The number of hydrogen-bond donors (Lipinski definition) is 2.